The molecule has 0 radical (unpaired) electrons. The fourth-order valence-electron chi connectivity index (χ4n) is 2.22. The SMILES string of the molecule is C=CCOc1ccc(C[NH2+]CCCSc2nnnn2C)cc1OCC. The van der Waals surface area contributed by atoms with E-state index in [2.05, 4.69) is 39.6 Å². The Morgan fingerprint density at radius 3 is 2.92 bits per heavy atom. The largest absolute Gasteiger partial charge is 0.490 e. The average molecular weight is 364 g/mol. The predicted octanol–water partition coefficient (Wildman–Crippen LogP) is 1.42. The van der Waals surface area contributed by atoms with Crippen LogP contribution >= 0.6 is 11.8 Å². The maximum Gasteiger partial charge on any atom is 0.209 e. The molecule has 1 heterocycles. The van der Waals surface area contributed by atoms with Crippen LogP contribution in [0.1, 0.15) is 18.9 Å². The van der Waals surface area contributed by atoms with Gasteiger partial charge in [-0.2, -0.15) is 0 Å². The number of aromatic nitrogens is 4. The average Bonchev–Trinajstić information content (AvgIpc) is 3.02. The van der Waals surface area contributed by atoms with Gasteiger partial charge in [0.2, 0.25) is 5.16 Å². The van der Waals surface area contributed by atoms with Crippen molar-refractivity contribution in [1.82, 2.24) is 20.2 Å². The number of hydrogen-bond acceptors (Lipinski definition) is 6. The Morgan fingerprint density at radius 1 is 1.32 bits per heavy atom. The predicted molar refractivity (Wildman–Crippen MR) is 97.9 cm³/mol. The normalized spacial score (nSPS) is 10.6. The van der Waals surface area contributed by atoms with Gasteiger partial charge in [0.15, 0.2) is 11.5 Å². The van der Waals surface area contributed by atoms with Gasteiger partial charge in [-0.05, 0) is 35.5 Å². The van der Waals surface area contributed by atoms with Gasteiger partial charge in [-0.3, -0.25) is 0 Å². The summed E-state index contributed by atoms with van der Waals surface area (Å²) in [6.07, 6.45) is 2.82. The molecule has 2 N–H and O–H groups in total. The first-order valence-corrected chi connectivity index (χ1v) is 9.39. The molecule has 0 spiro atoms. The Balaban J connectivity index is 1.73. The molecular formula is C17H26N5O2S+. The standard InChI is InChI=1S/C17H25N5O2S/c1-4-10-24-15-8-7-14(12-16(15)23-5-2)13-18-9-6-11-25-17-19-20-21-22(17)3/h4,7-8,12,18H,1,5-6,9-11,13H2,2-3H3/p+1. The maximum atomic E-state index is 5.67. The van der Waals surface area contributed by atoms with Crippen LogP contribution in [-0.2, 0) is 13.6 Å². The number of nitrogens with two attached hydrogens (primary N) is 1. The van der Waals surface area contributed by atoms with Gasteiger partial charge < -0.3 is 14.8 Å². The highest BCUT2D eigenvalue weighted by Gasteiger charge is 2.07. The van der Waals surface area contributed by atoms with E-state index in [0.717, 1.165) is 41.9 Å². The molecule has 0 atom stereocenters. The van der Waals surface area contributed by atoms with Crippen LogP contribution in [0.5, 0.6) is 11.5 Å². The number of benzene rings is 1. The van der Waals surface area contributed by atoms with Crippen LogP contribution < -0.4 is 14.8 Å². The molecule has 7 nitrogen and oxygen atoms in total. The van der Waals surface area contributed by atoms with Crippen molar-refractivity contribution in [1.29, 1.82) is 0 Å². The Hall–Kier alpha value is -2.06. The Bertz CT molecular complexity index is 662. The number of nitrogens with zero attached hydrogens (tertiary/aromatic N) is 4. The summed E-state index contributed by atoms with van der Waals surface area (Å²) in [4.78, 5) is 0. The van der Waals surface area contributed by atoms with Crippen molar-refractivity contribution in [2.45, 2.75) is 25.0 Å². The van der Waals surface area contributed by atoms with E-state index in [-0.39, 0.29) is 0 Å². The summed E-state index contributed by atoms with van der Waals surface area (Å²) in [5.74, 6) is 2.56. The number of hydrogen-bond donors (Lipinski definition) is 1. The summed E-state index contributed by atoms with van der Waals surface area (Å²) in [5.41, 5.74) is 1.22. The second kappa shape index (κ2) is 10.7. The van der Waals surface area contributed by atoms with E-state index in [9.17, 15) is 0 Å². The molecule has 25 heavy (non-hydrogen) atoms. The van der Waals surface area contributed by atoms with Crippen molar-refractivity contribution in [2.75, 3.05) is 25.5 Å². The molecule has 0 amide bonds. The molecule has 136 valence electrons. The molecule has 0 aliphatic carbocycles. The van der Waals surface area contributed by atoms with Crippen LogP contribution in [0.25, 0.3) is 0 Å². The smallest absolute Gasteiger partial charge is 0.209 e. The van der Waals surface area contributed by atoms with Gasteiger partial charge in [-0.15, -0.1) is 5.10 Å². The minimum absolute atomic E-state index is 0.476. The van der Waals surface area contributed by atoms with Crippen LogP contribution in [0.2, 0.25) is 0 Å². The third-order valence-electron chi connectivity index (χ3n) is 3.41. The first-order valence-electron chi connectivity index (χ1n) is 8.40. The lowest BCUT2D eigenvalue weighted by Gasteiger charge is -2.12. The fourth-order valence-corrected chi connectivity index (χ4v) is 3.03. The van der Waals surface area contributed by atoms with E-state index in [1.807, 2.05) is 20.0 Å². The third-order valence-corrected chi connectivity index (χ3v) is 4.51. The number of ether oxygens (including phenoxy) is 2. The summed E-state index contributed by atoms with van der Waals surface area (Å²) >= 11 is 1.68. The minimum Gasteiger partial charge on any atom is -0.490 e. The quantitative estimate of drug-likeness (QED) is 0.349. The van der Waals surface area contributed by atoms with Gasteiger partial charge in [-0.25, -0.2) is 4.68 Å². The molecule has 1 aromatic heterocycles. The molecule has 0 saturated heterocycles. The number of tetrazole rings is 1. The van der Waals surface area contributed by atoms with E-state index in [1.165, 1.54) is 5.56 Å². The highest BCUT2D eigenvalue weighted by Crippen LogP contribution is 2.28. The molecule has 1 aromatic carbocycles. The van der Waals surface area contributed by atoms with Gasteiger partial charge in [-0.1, -0.05) is 24.4 Å². The summed E-state index contributed by atoms with van der Waals surface area (Å²) in [6.45, 7) is 8.70. The van der Waals surface area contributed by atoms with E-state index in [0.29, 0.717) is 13.2 Å². The van der Waals surface area contributed by atoms with Crippen molar-refractivity contribution in [2.24, 2.45) is 7.05 Å². The highest BCUT2D eigenvalue weighted by atomic mass is 32.2. The van der Waals surface area contributed by atoms with Crippen molar-refractivity contribution in [3.05, 3.63) is 36.4 Å². The summed E-state index contributed by atoms with van der Waals surface area (Å²) < 4.78 is 13.0. The van der Waals surface area contributed by atoms with Gasteiger partial charge in [0.05, 0.1) is 13.2 Å². The molecule has 2 rings (SSSR count). The van der Waals surface area contributed by atoms with Crippen molar-refractivity contribution in [3.63, 3.8) is 0 Å². The summed E-state index contributed by atoms with van der Waals surface area (Å²) in [7, 11) is 1.85. The zero-order valence-electron chi connectivity index (χ0n) is 14.9. The number of rotatable bonds is 12. The molecule has 0 fully saturated rings. The van der Waals surface area contributed by atoms with Crippen LogP contribution in [0.3, 0.4) is 0 Å². The van der Waals surface area contributed by atoms with Crippen LogP contribution in [0, 0.1) is 0 Å². The monoisotopic (exact) mass is 364 g/mol. The summed E-state index contributed by atoms with van der Waals surface area (Å²) in [5, 5.41) is 14.6. The molecule has 0 aliphatic heterocycles. The van der Waals surface area contributed by atoms with Crippen LogP contribution in [0.15, 0.2) is 36.0 Å². The molecule has 0 aliphatic rings. The molecule has 8 heteroatoms. The van der Waals surface area contributed by atoms with Crippen LogP contribution in [0.4, 0.5) is 0 Å². The lowest BCUT2D eigenvalue weighted by Crippen LogP contribution is -2.82. The fraction of sp³-hybridized carbons (Fsp3) is 0.471. The molecular weight excluding hydrogens is 338 g/mol. The van der Waals surface area contributed by atoms with Gasteiger partial charge >= 0.3 is 0 Å². The minimum atomic E-state index is 0.476. The van der Waals surface area contributed by atoms with E-state index >= 15 is 0 Å². The maximum absolute atomic E-state index is 5.67. The zero-order chi connectivity index (χ0) is 17.9. The van der Waals surface area contributed by atoms with Crippen molar-refractivity contribution >= 4 is 11.8 Å². The molecule has 0 unspecified atom stereocenters. The van der Waals surface area contributed by atoms with Crippen molar-refractivity contribution in [3.8, 4) is 11.5 Å². The highest BCUT2D eigenvalue weighted by molar-refractivity contribution is 7.99. The number of quaternary nitrogens is 1. The van der Waals surface area contributed by atoms with Gasteiger partial charge in [0, 0.05) is 24.8 Å². The molecule has 0 saturated carbocycles. The van der Waals surface area contributed by atoms with E-state index in [4.69, 9.17) is 9.47 Å². The summed E-state index contributed by atoms with van der Waals surface area (Å²) in [6, 6.07) is 6.10. The lowest BCUT2D eigenvalue weighted by atomic mass is 10.2. The Labute approximate surface area is 152 Å². The van der Waals surface area contributed by atoms with Gasteiger partial charge in [0.25, 0.3) is 0 Å². The van der Waals surface area contributed by atoms with Crippen molar-refractivity contribution < 1.29 is 14.8 Å². The first kappa shape index (κ1) is 19.3. The topological polar surface area (TPSA) is 78.7 Å². The second-order valence-electron chi connectivity index (χ2n) is 5.38. The van der Waals surface area contributed by atoms with Gasteiger partial charge in [0.1, 0.15) is 13.2 Å². The van der Waals surface area contributed by atoms with E-state index < -0.39 is 0 Å². The number of thioether (sulfide) groups is 1. The van der Waals surface area contributed by atoms with Crippen LogP contribution in [-0.4, -0.2) is 45.7 Å². The first-order chi connectivity index (χ1) is 12.2. The number of aryl methyl sites for hydroxylation is 1. The molecule has 0 bridgehead atoms. The second-order valence-corrected chi connectivity index (χ2v) is 6.44. The lowest BCUT2D eigenvalue weighted by molar-refractivity contribution is -0.670. The zero-order valence-corrected chi connectivity index (χ0v) is 15.7. The van der Waals surface area contributed by atoms with E-state index in [1.54, 1.807) is 22.5 Å². The molecule has 2 aromatic rings. The Morgan fingerprint density at radius 2 is 2.20 bits per heavy atom. The Kier molecular flexibility index (Phi) is 8.27. The third kappa shape index (κ3) is 6.39.